The summed E-state index contributed by atoms with van der Waals surface area (Å²) in [6.45, 7) is 2.91. The van der Waals surface area contributed by atoms with Crippen molar-refractivity contribution in [3.63, 3.8) is 0 Å². The maximum Gasteiger partial charge on any atom is 0.512 e. The van der Waals surface area contributed by atoms with Crippen molar-refractivity contribution in [2.24, 2.45) is 5.92 Å². The van der Waals surface area contributed by atoms with Crippen LogP contribution in [-0.4, -0.2) is 88.7 Å². The SMILES string of the molecule is CC(SC1COC(C=CC=Cc2ccc(C#N)cc2F)OC1)C(Cn1cncn1)(OC(=O)OCOC(=O)CC1CCN(C)CC1)c1ccc(F)cc1F. The first-order chi connectivity index (χ1) is 25.5. The lowest BCUT2D eigenvalue weighted by atomic mass is 9.89. The molecule has 2 fully saturated rings. The minimum Gasteiger partial charge on any atom is -0.428 e. The Morgan fingerprint density at radius 3 is 2.55 bits per heavy atom. The van der Waals surface area contributed by atoms with Crippen molar-refractivity contribution >= 4 is 30.0 Å². The molecule has 0 N–H and O–H groups in total. The first-order valence-corrected chi connectivity index (χ1v) is 17.9. The fraction of sp³-hybridized carbons (Fsp3) is 0.432. The molecule has 16 heteroatoms. The van der Waals surface area contributed by atoms with E-state index in [0.29, 0.717) is 11.6 Å². The van der Waals surface area contributed by atoms with Gasteiger partial charge in [-0.1, -0.05) is 24.3 Å². The fourth-order valence-corrected chi connectivity index (χ4v) is 7.37. The Labute approximate surface area is 309 Å². The van der Waals surface area contributed by atoms with Gasteiger partial charge < -0.3 is 28.6 Å². The summed E-state index contributed by atoms with van der Waals surface area (Å²) < 4.78 is 73.3. The number of rotatable bonds is 14. The molecule has 2 atom stereocenters. The summed E-state index contributed by atoms with van der Waals surface area (Å²) in [5.41, 5.74) is -1.45. The van der Waals surface area contributed by atoms with Crippen LogP contribution >= 0.6 is 11.8 Å². The second kappa shape index (κ2) is 18.9. The van der Waals surface area contributed by atoms with E-state index in [2.05, 4.69) is 15.0 Å². The minimum absolute atomic E-state index is 0.144. The van der Waals surface area contributed by atoms with Crippen molar-refractivity contribution in [2.75, 3.05) is 40.1 Å². The van der Waals surface area contributed by atoms with Gasteiger partial charge in [-0.3, -0.25) is 4.79 Å². The molecule has 12 nitrogen and oxygen atoms in total. The number of ether oxygens (including phenoxy) is 5. The third-order valence-electron chi connectivity index (χ3n) is 8.94. The summed E-state index contributed by atoms with van der Waals surface area (Å²) in [6.07, 6.45) is 9.01. The normalized spacial score (nSPS) is 20.2. The van der Waals surface area contributed by atoms with E-state index in [1.165, 1.54) is 47.3 Å². The largest absolute Gasteiger partial charge is 0.512 e. The molecule has 0 spiro atoms. The van der Waals surface area contributed by atoms with Gasteiger partial charge in [0.1, 0.15) is 30.1 Å². The number of thioether (sulfide) groups is 1. The molecule has 2 saturated heterocycles. The van der Waals surface area contributed by atoms with E-state index in [1.807, 2.05) is 13.1 Å². The molecular formula is C37H40F3N5O7S. The standard InChI is InChI=1S/C37H40F3N5O7S/c1-25(53-30-19-48-35(49-20-30)6-4-3-5-28-8-7-27(18-41)15-32(28)39)37(21-45-23-42-22-43-45,31-10-9-29(38)17-33(31)40)52-36(47)51-24-50-34(46)16-26-11-13-44(2)14-12-26/h3-10,15,17,22-23,25-26,30,35H,11-14,16,19-21,24H2,1-2H3. The highest BCUT2D eigenvalue weighted by molar-refractivity contribution is 8.00. The molecule has 2 aliphatic rings. The van der Waals surface area contributed by atoms with Crippen LogP contribution in [0.2, 0.25) is 0 Å². The van der Waals surface area contributed by atoms with Crippen molar-refractivity contribution in [3.05, 3.63) is 101 Å². The van der Waals surface area contributed by atoms with Crippen molar-refractivity contribution < 1.29 is 46.4 Å². The lowest BCUT2D eigenvalue weighted by molar-refractivity contribution is -0.156. The van der Waals surface area contributed by atoms with Gasteiger partial charge in [-0.2, -0.15) is 10.4 Å². The first-order valence-electron chi connectivity index (χ1n) is 17.0. The number of hydrogen-bond donors (Lipinski definition) is 0. The Balaban J connectivity index is 1.24. The number of esters is 1. The molecule has 5 rings (SSSR count). The second-order valence-corrected chi connectivity index (χ2v) is 14.4. The van der Waals surface area contributed by atoms with Crippen LogP contribution < -0.4 is 0 Å². The maximum absolute atomic E-state index is 15.6. The van der Waals surface area contributed by atoms with Gasteiger partial charge in [0.25, 0.3) is 0 Å². The maximum atomic E-state index is 15.6. The Bertz CT molecular complexity index is 1790. The Kier molecular flexibility index (Phi) is 14.1. The summed E-state index contributed by atoms with van der Waals surface area (Å²) in [5, 5.41) is 12.0. The Morgan fingerprint density at radius 1 is 1.09 bits per heavy atom. The highest BCUT2D eigenvalue weighted by Gasteiger charge is 2.47. The van der Waals surface area contributed by atoms with Crippen LogP contribution in [0.15, 0.2) is 67.3 Å². The Morgan fingerprint density at radius 2 is 1.87 bits per heavy atom. The molecular weight excluding hydrogens is 715 g/mol. The van der Waals surface area contributed by atoms with Gasteiger partial charge in [-0.05, 0) is 76.2 Å². The molecule has 0 saturated carbocycles. The number of carbonyl (C=O) groups excluding carboxylic acids is 2. The quantitative estimate of drug-likeness (QED) is 0.109. The number of piperidine rings is 1. The summed E-state index contributed by atoms with van der Waals surface area (Å²) >= 11 is 1.28. The van der Waals surface area contributed by atoms with Crippen LogP contribution in [0.1, 0.15) is 42.9 Å². The number of benzene rings is 2. The average molecular weight is 756 g/mol. The van der Waals surface area contributed by atoms with E-state index in [-0.39, 0.29) is 48.5 Å². The van der Waals surface area contributed by atoms with Crippen LogP contribution in [-0.2, 0) is 40.6 Å². The smallest absolute Gasteiger partial charge is 0.428 e. The number of likely N-dealkylation sites (tertiary alicyclic amines) is 1. The molecule has 53 heavy (non-hydrogen) atoms. The number of allylic oxidation sites excluding steroid dienone is 2. The first kappa shape index (κ1) is 39.5. The lowest BCUT2D eigenvalue weighted by Gasteiger charge is -2.40. The third-order valence-corrected chi connectivity index (χ3v) is 10.4. The van der Waals surface area contributed by atoms with Crippen LogP contribution in [0.4, 0.5) is 18.0 Å². The molecule has 0 aliphatic carbocycles. The second-order valence-electron chi connectivity index (χ2n) is 12.7. The summed E-state index contributed by atoms with van der Waals surface area (Å²) in [5.74, 6) is -2.67. The predicted molar refractivity (Wildman–Crippen MR) is 187 cm³/mol. The van der Waals surface area contributed by atoms with Crippen molar-refractivity contribution in [1.29, 1.82) is 5.26 Å². The van der Waals surface area contributed by atoms with Crippen LogP contribution in [0, 0.1) is 34.7 Å². The summed E-state index contributed by atoms with van der Waals surface area (Å²) in [7, 11) is 2.02. The number of nitriles is 1. The topological polar surface area (TPSA) is 138 Å². The molecule has 2 unspecified atom stereocenters. The van der Waals surface area contributed by atoms with Gasteiger partial charge in [-0.15, -0.1) is 11.8 Å². The summed E-state index contributed by atoms with van der Waals surface area (Å²) in [4.78, 5) is 31.9. The zero-order valence-electron chi connectivity index (χ0n) is 29.2. The number of halogens is 3. The van der Waals surface area contributed by atoms with Gasteiger partial charge in [0.15, 0.2) is 11.9 Å². The highest BCUT2D eigenvalue weighted by atomic mass is 32.2. The molecule has 1 aromatic heterocycles. The zero-order valence-corrected chi connectivity index (χ0v) is 30.1. The number of aromatic nitrogens is 3. The van der Waals surface area contributed by atoms with E-state index in [1.54, 1.807) is 31.2 Å². The third kappa shape index (κ3) is 11.2. The van der Waals surface area contributed by atoms with Crippen LogP contribution in [0.5, 0.6) is 0 Å². The zero-order chi connectivity index (χ0) is 37.8. The molecule has 3 heterocycles. The molecule has 0 amide bonds. The number of carbonyl (C=O) groups is 2. The molecule has 3 aromatic rings. The lowest BCUT2D eigenvalue weighted by Crippen LogP contribution is -2.47. The highest BCUT2D eigenvalue weighted by Crippen LogP contribution is 2.42. The van der Waals surface area contributed by atoms with Gasteiger partial charge in [-0.25, -0.2) is 27.6 Å². The summed E-state index contributed by atoms with van der Waals surface area (Å²) in [6, 6.07) is 9.01. The van der Waals surface area contributed by atoms with E-state index in [9.17, 15) is 18.4 Å². The van der Waals surface area contributed by atoms with E-state index in [0.717, 1.165) is 38.1 Å². The molecule has 0 radical (unpaired) electrons. The molecule has 2 aliphatic heterocycles. The van der Waals surface area contributed by atoms with Gasteiger partial charge in [0.2, 0.25) is 6.79 Å². The Hall–Kier alpha value is -4.69. The monoisotopic (exact) mass is 755 g/mol. The van der Waals surface area contributed by atoms with Gasteiger partial charge in [0.05, 0.1) is 36.6 Å². The number of nitrogens with zero attached hydrogens (tertiary/aromatic N) is 5. The van der Waals surface area contributed by atoms with Crippen LogP contribution in [0.3, 0.4) is 0 Å². The average Bonchev–Trinajstić information content (AvgIpc) is 3.65. The van der Waals surface area contributed by atoms with Crippen LogP contribution in [0.25, 0.3) is 6.08 Å². The van der Waals surface area contributed by atoms with Gasteiger partial charge in [0, 0.05) is 28.9 Å². The minimum atomic E-state index is -1.84. The fourth-order valence-electron chi connectivity index (χ4n) is 6.01. The van der Waals surface area contributed by atoms with Crippen molar-refractivity contribution in [1.82, 2.24) is 19.7 Å². The van der Waals surface area contributed by atoms with E-state index >= 15 is 4.39 Å². The van der Waals surface area contributed by atoms with E-state index in [4.69, 9.17) is 28.9 Å². The predicted octanol–water partition coefficient (Wildman–Crippen LogP) is 5.98. The van der Waals surface area contributed by atoms with E-state index < -0.39 is 53.5 Å². The molecule has 0 bridgehead atoms. The van der Waals surface area contributed by atoms with Crippen molar-refractivity contribution in [3.8, 4) is 6.07 Å². The van der Waals surface area contributed by atoms with Gasteiger partial charge >= 0.3 is 12.1 Å². The van der Waals surface area contributed by atoms with Crippen molar-refractivity contribution in [2.45, 2.75) is 55.1 Å². The molecule has 2 aromatic carbocycles. The molecule has 282 valence electrons. The number of hydrogen-bond acceptors (Lipinski definition) is 12.